The molecule has 5 aromatic rings. The second-order valence-corrected chi connectivity index (χ2v) is 21.6. The summed E-state index contributed by atoms with van der Waals surface area (Å²) < 4.78 is 98.8. The summed E-state index contributed by atoms with van der Waals surface area (Å²) >= 11 is 7.59. The first-order valence-corrected chi connectivity index (χ1v) is 24.9. The zero-order valence-corrected chi connectivity index (χ0v) is 38.1. The zero-order valence-electron chi connectivity index (χ0n) is 34.9. The molecule has 1 atom stereocenters. The average molecular weight is 944 g/mol. The Morgan fingerprint density at radius 2 is 1.65 bits per heavy atom. The number of aromatic nitrogens is 2. The van der Waals surface area contributed by atoms with E-state index in [1.165, 1.54) is 18.1 Å². The quantitative estimate of drug-likeness (QED) is 0.0818. The third kappa shape index (κ3) is 11.4. The highest BCUT2D eigenvalue weighted by atomic mass is 35.5. The number of hydrogen-bond acceptors (Lipinski definition) is 11. The number of sulfonamides is 1. The summed E-state index contributed by atoms with van der Waals surface area (Å²) in [5, 5.41) is 15.4. The topological polar surface area (TPSA) is 145 Å². The van der Waals surface area contributed by atoms with Gasteiger partial charge in [0.05, 0.1) is 21.9 Å². The SMILES string of the molecule is CN(C)CCC(CSc1ccccc1)Nc1ccc(S(=O)(=O)Nc2ncnc3c2CCN(C2CCC(O)(Cc4ccccc4-c4ccc(Cl)cc4)CC2)C3)cc1S(=O)(=O)C(F)(F)F. The smallest absolute Gasteiger partial charge is 0.390 e. The molecule has 1 saturated carbocycles. The molecule has 7 rings (SSSR count). The van der Waals surface area contributed by atoms with Gasteiger partial charge in [-0.2, -0.15) is 13.2 Å². The Morgan fingerprint density at radius 1 is 0.952 bits per heavy atom. The van der Waals surface area contributed by atoms with Crippen LogP contribution in [0.3, 0.4) is 0 Å². The van der Waals surface area contributed by atoms with Crippen molar-refractivity contribution in [3.63, 3.8) is 0 Å². The first kappa shape index (κ1) is 46.8. The highest BCUT2D eigenvalue weighted by Crippen LogP contribution is 2.40. The number of rotatable bonds is 16. The van der Waals surface area contributed by atoms with Crippen molar-refractivity contribution >= 4 is 54.7 Å². The van der Waals surface area contributed by atoms with Gasteiger partial charge in [0.1, 0.15) is 17.0 Å². The number of anilines is 2. The molecule has 1 aliphatic heterocycles. The van der Waals surface area contributed by atoms with Crippen LogP contribution in [-0.2, 0) is 39.2 Å². The molecule has 1 unspecified atom stereocenters. The Morgan fingerprint density at radius 3 is 2.35 bits per heavy atom. The van der Waals surface area contributed by atoms with Gasteiger partial charge in [0.25, 0.3) is 19.9 Å². The number of benzene rings is 4. The van der Waals surface area contributed by atoms with E-state index < -0.39 is 46.8 Å². The maximum atomic E-state index is 14.2. The Kier molecular flexibility index (Phi) is 14.5. The van der Waals surface area contributed by atoms with Gasteiger partial charge in [-0.15, -0.1) is 11.8 Å². The Balaban J connectivity index is 1.05. The van der Waals surface area contributed by atoms with Crippen molar-refractivity contribution < 1.29 is 35.1 Å². The van der Waals surface area contributed by atoms with E-state index in [1.807, 2.05) is 91.8 Å². The fourth-order valence-corrected chi connectivity index (χ4v) is 11.5. The Hall–Kier alpha value is -4.23. The van der Waals surface area contributed by atoms with E-state index in [4.69, 9.17) is 11.6 Å². The fraction of sp³-hybridized carbons (Fsp3) is 0.378. The molecular formula is C45H50ClF3N6O5S3. The lowest BCUT2D eigenvalue weighted by Gasteiger charge is -2.42. The number of fused-ring (bicyclic) bond motifs is 1. The third-order valence-electron chi connectivity index (χ3n) is 11.7. The van der Waals surface area contributed by atoms with Gasteiger partial charge in [-0.1, -0.05) is 66.2 Å². The van der Waals surface area contributed by atoms with Gasteiger partial charge >= 0.3 is 5.51 Å². The number of alkyl halides is 3. The van der Waals surface area contributed by atoms with E-state index in [-0.39, 0.29) is 17.5 Å². The average Bonchev–Trinajstić information content (AvgIpc) is 3.25. The van der Waals surface area contributed by atoms with Crippen LogP contribution < -0.4 is 10.0 Å². The van der Waals surface area contributed by atoms with Crippen LogP contribution in [-0.4, -0.2) is 97.8 Å². The van der Waals surface area contributed by atoms with Crippen LogP contribution in [0.2, 0.25) is 5.02 Å². The molecule has 18 heteroatoms. The Bertz CT molecular complexity index is 2600. The normalized spacial score (nSPS) is 19.1. The standard InChI is InChI=1S/C45H50ClF3N6O5S3/c1-54(2)24-20-34(29-61-36-9-4-3-5-10-36)52-40-17-16-37(26-42(40)62(57,58)45(47,48)49)63(59,60)53-43-39-21-25-55(28-41(39)50-30-51-43)35-18-22-44(56,23-19-35)27-32-8-6-7-11-38(32)31-12-14-33(46)15-13-31/h3-17,26,30,34-35,52,56H,18-25,27-29H2,1-2H3,(H,50,51,53). The molecule has 2 aliphatic rings. The molecule has 1 fully saturated rings. The number of sulfone groups is 1. The fourth-order valence-electron chi connectivity index (χ4n) is 8.26. The number of halogens is 4. The predicted molar refractivity (Wildman–Crippen MR) is 242 cm³/mol. The van der Waals surface area contributed by atoms with Crippen molar-refractivity contribution in [3.8, 4) is 11.1 Å². The van der Waals surface area contributed by atoms with E-state index in [9.17, 15) is 35.1 Å². The first-order chi connectivity index (χ1) is 29.9. The molecule has 4 aromatic carbocycles. The largest absolute Gasteiger partial charge is 0.501 e. The van der Waals surface area contributed by atoms with E-state index in [1.54, 1.807) is 0 Å². The van der Waals surface area contributed by atoms with E-state index in [0.29, 0.717) is 79.8 Å². The maximum absolute atomic E-state index is 14.2. The van der Waals surface area contributed by atoms with Crippen molar-refractivity contribution in [2.24, 2.45) is 0 Å². The summed E-state index contributed by atoms with van der Waals surface area (Å²) in [7, 11) is -6.94. The minimum atomic E-state index is -6.00. The molecule has 3 N–H and O–H groups in total. The lowest BCUT2D eigenvalue weighted by atomic mass is 9.76. The number of aliphatic hydroxyl groups is 1. The minimum absolute atomic E-state index is 0.0267. The van der Waals surface area contributed by atoms with Crippen molar-refractivity contribution in [1.29, 1.82) is 0 Å². The van der Waals surface area contributed by atoms with Crippen LogP contribution in [0.5, 0.6) is 0 Å². The summed E-state index contributed by atoms with van der Waals surface area (Å²) in [4.78, 5) is 11.9. The molecule has 1 aliphatic carbocycles. The molecule has 2 heterocycles. The molecule has 0 saturated heterocycles. The van der Waals surface area contributed by atoms with Gasteiger partial charge in [0, 0.05) is 52.8 Å². The Labute approximate surface area is 376 Å². The van der Waals surface area contributed by atoms with E-state index in [0.717, 1.165) is 46.6 Å². The molecule has 0 spiro atoms. The van der Waals surface area contributed by atoms with Crippen LogP contribution in [0.1, 0.15) is 48.9 Å². The summed E-state index contributed by atoms with van der Waals surface area (Å²) in [5.74, 6) is 0.367. The van der Waals surface area contributed by atoms with Crippen LogP contribution >= 0.6 is 23.4 Å². The lowest BCUT2D eigenvalue weighted by Crippen LogP contribution is -2.46. The molecule has 1 aromatic heterocycles. The van der Waals surface area contributed by atoms with E-state index in [2.05, 4.69) is 31.0 Å². The molecule has 336 valence electrons. The molecule has 63 heavy (non-hydrogen) atoms. The lowest BCUT2D eigenvalue weighted by molar-refractivity contribution is -0.0436. The van der Waals surface area contributed by atoms with Crippen molar-refractivity contribution in [3.05, 3.63) is 125 Å². The zero-order chi connectivity index (χ0) is 45.0. The monoisotopic (exact) mass is 942 g/mol. The van der Waals surface area contributed by atoms with Gasteiger partial charge in [-0.05, 0) is 118 Å². The van der Waals surface area contributed by atoms with Gasteiger partial charge in [-0.25, -0.2) is 26.8 Å². The summed E-state index contributed by atoms with van der Waals surface area (Å²) in [6.45, 7) is 1.52. The van der Waals surface area contributed by atoms with Crippen molar-refractivity contribution in [2.75, 3.05) is 43.0 Å². The van der Waals surface area contributed by atoms with Crippen LogP contribution in [0.4, 0.5) is 24.7 Å². The predicted octanol–water partition coefficient (Wildman–Crippen LogP) is 8.69. The maximum Gasteiger partial charge on any atom is 0.501 e. The van der Waals surface area contributed by atoms with E-state index >= 15 is 0 Å². The number of nitrogens with zero attached hydrogens (tertiary/aromatic N) is 4. The second-order valence-electron chi connectivity index (χ2n) is 16.4. The molecule has 0 bridgehead atoms. The highest BCUT2D eigenvalue weighted by Gasteiger charge is 2.48. The van der Waals surface area contributed by atoms with Gasteiger partial charge < -0.3 is 15.3 Å². The summed E-state index contributed by atoms with van der Waals surface area (Å²) in [6, 6.07) is 27.5. The molecule has 0 radical (unpaired) electrons. The first-order valence-electron chi connectivity index (χ1n) is 20.6. The number of nitrogens with one attached hydrogen (secondary N) is 2. The van der Waals surface area contributed by atoms with Crippen LogP contribution in [0, 0.1) is 0 Å². The van der Waals surface area contributed by atoms with Gasteiger partial charge in [0.15, 0.2) is 0 Å². The van der Waals surface area contributed by atoms with Gasteiger partial charge in [0.2, 0.25) is 0 Å². The molecule has 0 amide bonds. The minimum Gasteiger partial charge on any atom is -0.390 e. The molecule has 11 nitrogen and oxygen atoms in total. The number of thioether (sulfide) groups is 1. The van der Waals surface area contributed by atoms with Crippen LogP contribution in [0.25, 0.3) is 11.1 Å². The van der Waals surface area contributed by atoms with Crippen LogP contribution in [0.15, 0.2) is 118 Å². The number of hydrogen-bond donors (Lipinski definition) is 3. The van der Waals surface area contributed by atoms with Gasteiger partial charge in [-0.3, -0.25) is 9.62 Å². The molecular weight excluding hydrogens is 893 g/mol. The summed E-state index contributed by atoms with van der Waals surface area (Å²) in [5.41, 5.74) is -2.65. The van der Waals surface area contributed by atoms with Crippen molar-refractivity contribution in [2.45, 2.75) is 89.4 Å². The third-order valence-corrected chi connectivity index (χ3v) is 16.0. The van der Waals surface area contributed by atoms with Crippen molar-refractivity contribution in [1.82, 2.24) is 19.8 Å². The highest BCUT2D eigenvalue weighted by molar-refractivity contribution is 7.99. The second kappa shape index (κ2) is 19.5. The summed E-state index contributed by atoms with van der Waals surface area (Å²) in [6.07, 6.45) is 5.25.